The molecule has 0 aliphatic carbocycles. The van der Waals surface area contributed by atoms with Gasteiger partial charge in [0.15, 0.2) is 18.7 Å². The topological polar surface area (TPSA) is 31.6 Å². The molecule has 0 bridgehead atoms. The molecule has 4 heteroatoms. The third-order valence-electron chi connectivity index (χ3n) is 7.89. The fourth-order valence-electron chi connectivity index (χ4n) is 5.43. The summed E-state index contributed by atoms with van der Waals surface area (Å²) in [6.07, 6.45) is 34.3. The Morgan fingerprint density at radius 2 is 1.16 bits per heavy atom. The van der Waals surface area contributed by atoms with Crippen molar-refractivity contribution in [3.63, 3.8) is 0 Å². The third-order valence-corrected chi connectivity index (χ3v) is 7.89. The minimum atomic E-state index is -0.00423. The number of aryl methyl sites for hydroxylation is 1. The molecule has 220 valence electrons. The predicted molar refractivity (Wildman–Crippen MR) is 159 cm³/mol. The maximum absolute atomic E-state index is 6.03. The molecule has 1 aliphatic rings. The molecule has 4 nitrogen and oxygen atoms in total. The molecule has 1 aliphatic heterocycles. The van der Waals surface area contributed by atoms with Gasteiger partial charge in [0.2, 0.25) is 0 Å². The van der Waals surface area contributed by atoms with Crippen LogP contribution >= 0.6 is 0 Å². The van der Waals surface area contributed by atoms with E-state index in [0.717, 1.165) is 26.0 Å². The third kappa shape index (κ3) is 19.1. The van der Waals surface area contributed by atoms with Crippen LogP contribution in [0.15, 0.2) is 30.6 Å². The fraction of sp³-hybridized carbons (Fsp3) is 0.853. The number of pyridine rings is 1. The maximum atomic E-state index is 6.03. The molecule has 0 amide bonds. The average molecular weight is 533 g/mol. The van der Waals surface area contributed by atoms with Crippen LogP contribution in [0, 0.1) is 0 Å². The second kappa shape index (κ2) is 25.0. The van der Waals surface area contributed by atoms with Crippen molar-refractivity contribution in [1.29, 1.82) is 0 Å². The number of nitrogens with zero attached hydrogens (tertiary/aromatic N) is 1. The van der Waals surface area contributed by atoms with Crippen LogP contribution in [0.25, 0.3) is 0 Å². The molecule has 0 radical (unpaired) electrons. The first-order valence-electron chi connectivity index (χ1n) is 16.7. The molecule has 0 saturated carbocycles. The standard InChI is InChI=1S/C34H62NO3/c1-2-3-4-5-6-7-8-9-10-11-12-13-14-15-16-17-21-26-34-37-32-33(38-34)31-36-30-25-19-18-22-27-35-28-23-20-24-29-35/h20,23-24,28-29,33-34H,2-19,21-22,25-27,30-32H2,1H3/q+1. The average Bonchev–Trinajstić information content (AvgIpc) is 3.40. The van der Waals surface area contributed by atoms with E-state index in [2.05, 4.69) is 42.1 Å². The summed E-state index contributed by atoms with van der Waals surface area (Å²) >= 11 is 0. The highest BCUT2D eigenvalue weighted by molar-refractivity contribution is 4.83. The molecule has 2 atom stereocenters. The van der Waals surface area contributed by atoms with Gasteiger partial charge in [-0.3, -0.25) is 0 Å². The Morgan fingerprint density at radius 3 is 1.76 bits per heavy atom. The van der Waals surface area contributed by atoms with Crippen molar-refractivity contribution >= 4 is 0 Å². The Bertz CT molecular complexity index is 611. The summed E-state index contributed by atoms with van der Waals surface area (Å²) in [6, 6.07) is 6.25. The molecule has 1 aromatic heterocycles. The summed E-state index contributed by atoms with van der Waals surface area (Å²) in [5.41, 5.74) is 0. The van der Waals surface area contributed by atoms with Gasteiger partial charge < -0.3 is 14.2 Å². The highest BCUT2D eigenvalue weighted by atomic mass is 16.7. The number of unbranched alkanes of at least 4 members (excludes halogenated alkanes) is 19. The SMILES string of the molecule is CCCCCCCCCCCCCCCCCCCC1OCC(COCCCCCC[n+]2ccccc2)O1. The molecule has 1 aromatic rings. The van der Waals surface area contributed by atoms with Crippen LogP contribution in [0.3, 0.4) is 0 Å². The van der Waals surface area contributed by atoms with Crippen LogP contribution in [0.5, 0.6) is 0 Å². The van der Waals surface area contributed by atoms with E-state index < -0.39 is 0 Å². The lowest BCUT2D eigenvalue weighted by Crippen LogP contribution is -2.32. The van der Waals surface area contributed by atoms with Gasteiger partial charge in [-0.1, -0.05) is 122 Å². The zero-order chi connectivity index (χ0) is 26.8. The van der Waals surface area contributed by atoms with Gasteiger partial charge in [-0.15, -0.1) is 0 Å². The summed E-state index contributed by atoms with van der Waals surface area (Å²) in [5.74, 6) is 0. The predicted octanol–water partition coefficient (Wildman–Crippen LogP) is 9.33. The molecule has 1 fully saturated rings. The second-order valence-corrected chi connectivity index (χ2v) is 11.6. The van der Waals surface area contributed by atoms with Crippen molar-refractivity contribution in [2.45, 2.75) is 167 Å². The molecule has 0 aromatic carbocycles. The zero-order valence-corrected chi connectivity index (χ0v) is 25.1. The summed E-state index contributed by atoms with van der Waals surface area (Å²) < 4.78 is 20.0. The van der Waals surface area contributed by atoms with E-state index in [1.807, 2.05) is 0 Å². The summed E-state index contributed by atoms with van der Waals surface area (Å²) in [5, 5.41) is 0. The number of hydrogen-bond donors (Lipinski definition) is 0. The smallest absolute Gasteiger partial charge is 0.168 e. The molecular formula is C34H62NO3+. The minimum absolute atomic E-state index is 0.00423. The van der Waals surface area contributed by atoms with Gasteiger partial charge in [-0.2, -0.15) is 0 Å². The number of aromatic nitrogens is 1. The quantitative estimate of drug-likeness (QED) is 0.0835. The Balaban J connectivity index is 1.25. The van der Waals surface area contributed by atoms with Crippen molar-refractivity contribution < 1.29 is 18.8 Å². The molecular weight excluding hydrogens is 470 g/mol. The molecule has 1 saturated heterocycles. The molecule has 0 spiro atoms. The molecule has 2 rings (SSSR count). The van der Waals surface area contributed by atoms with Crippen LogP contribution in [-0.4, -0.2) is 32.2 Å². The maximum Gasteiger partial charge on any atom is 0.168 e. The Morgan fingerprint density at radius 1 is 0.632 bits per heavy atom. The zero-order valence-electron chi connectivity index (χ0n) is 25.1. The Labute approximate surface area is 236 Å². The van der Waals surface area contributed by atoms with Gasteiger partial charge in [0.25, 0.3) is 0 Å². The molecule has 2 heterocycles. The summed E-state index contributed by atoms with van der Waals surface area (Å²) in [6.45, 7) is 5.61. The highest BCUT2D eigenvalue weighted by Gasteiger charge is 2.25. The van der Waals surface area contributed by atoms with E-state index in [9.17, 15) is 0 Å². The van der Waals surface area contributed by atoms with E-state index in [4.69, 9.17) is 14.2 Å². The number of ether oxygens (including phenoxy) is 3. The minimum Gasteiger partial charge on any atom is -0.379 e. The van der Waals surface area contributed by atoms with E-state index >= 15 is 0 Å². The van der Waals surface area contributed by atoms with Crippen molar-refractivity contribution in [3.05, 3.63) is 30.6 Å². The summed E-state index contributed by atoms with van der Waals surface area (Å²) in [4.78, 5) is 0. The van der Waals surface area contributed by atoms with Gasteiger partial charge in [-0.25, -0.2) is 4.57 Å². The van der Waals surface area contributed by atoms with Crippen LogP contribution in [0.4, 0.5) is 0 Å². The molecule has 2 unspecified atom stereocenters. The van der Waals surface area contributed by atoms with Gasteiger partial charge in [-0.05, 0) is 25.7 Å². The van der Waals surface area contributed by atoms with Gasteiger partial charge in [0, 0.05) is 25.2 Å². The summed E-state index contributed by atoms with van der Waals surface area (Å²) in [7, 11) is 0. The van der Waals surface area contributed by atoms with Crippen molar-refractivity contribution in [3.8, 4) is 0 Å². The van der Waals surface area contributed by atoms with Gasteiger partial charge in [0.05, 0.1) is 13.2 Å². The first-order valence-corrected chi connectivity index (χ1v) is 16.7. The van der Waals surface area contributed by atoms with Crippen LogP contribution in [0.1, 0.15) is 148 Å². The largest absolute Gasteiger partial charge is 0.379 e. The number of hydrogen-bond acceptors (Lipinski definition) is 3. The Kier molecular flexibility index (Phi) is 21.9. The Hall–Kier alpha value is -0.970. The fourth-order valence-corrected chi connectivity index (χ4v) is 5.43. The van der Waals surface area contributed by atoms with E-state index in [1.54, 1.807) is 0 Å². The van der Waals surface area contributed by atoms with Crippen LogP contribution in [0.2, 0.25) is 0 Å². The normalized spacial score (nSPS) is 17.4. The van der Waals surface area contributed by atoms with Crippen molar-refractivity contribution in [2.24, 2.45) is 0 Å². The number of rotatable bonds is 27. The van der Waals surface area contributed by atoms with Gasteiger partial charge >= 0.3 is 0 Å². The lowest BCUT2D eigenvalue weighted by molar-refractivity contribution is -0.697. The lowest BCUT2D eigenvalue weighted by Gasteiger charge is -2.12. The monoisotopic (exact) mass is 532 g/mol. The van der Waals surface area contributed by atoms with Crippen molar-refractivity contribution in [2.75, 3.05) is 19.8 Å². The van der Waals surface area contributed by atoms with Crippen molar-refractivity contribution in [1.82, 2.24) is 0 Å². The molecule has 38 heavy (non-hydrogen) atoms. The second-order valence-electron chi connectivity index (χ2n) is 11.6. The van der Waals surface area contributed by atoms with E-state index in [-0.39, 0.29) is 12.4 Å². The van der Waals surface area contributed by atoms with Crippen LogP contribution in [-0.2, 0) is 20.8 Å². The highest BCUT2D eigenvalue weighted by Crippen LogP contribution is 2.19. The first kappa shape index (κ1) is 33.2. The molecule has 0 N–H and O–H groups in total. The van der Waals surface area contributed by atoms with Crippen LogP contribution < -0.4 is 4.57 Å². The van der Waals surface area contributed by atoms with E-state index in [0.29, 0.717) is 13.2 Å². The van der Waals surface area contributed by atoms with E-state index in [1.165, 1.54) is 128 Å². The lowest BCUT2D eigenvalue weighted by atomic mass is 10.0. The first-order chi connectivity index (χ1) is 18.9. The van der Waals surface area contributed by atoms with Gasteiger partial charge in [0.1, 0.15) is 12.6 Å².